The number of carbonyl (C=O) groups is 1. The van der Waals surface area contributed by atoms with Gasteiger partial charge in [0.15, 0.2) is 5.89 Å². The smallest absolute Gasteiger partial charge is 0.410 e. The lowest BCUT2D eigenvalue weighted by molar-refractivity contribution is 0.0199. The Kier molecular flexibility index (Phi) is 5.88. The van der Waals surface area contributed by atoms with Crippen LogP contribution < -0.4 is 4.74 Å². The van der Waals surface area contributed by atoms with Gasteiger partial charge in [0.1, 0.15) is 36.2 Å². The Morgan fingerprint density at radius 2 is 1.94 bits per heavy atom. The number of nitrogens with zero attached hydrogens (tertiary/aromatic N) is 6. The summed E-state index contributed by atoms with van der Waals surface area (Å²) < 4.78 is 18.5. The average Bonchev–Trinajstić information content (AvgIpc) is 3.44. The van der Waals surface area contributed by atoms with E-state index >= 15 is 0 Å². The van der Waals surface area contributed by atoms with E-state index in [1.807, 2.05) is 45.0 Å². The fourth-order valence-electron chi connectivity index (χ4n) is 3.34. The van der Waals surface area contributed by atoms with Gasteiger partial charge in [0.05, 0.1) is 5.69 Å². The monoisotopic (exact) mass is 426 g/mol. The average molecular weight is 426 g/mol. The number of rotatable bonds is 5. The molecule has 1 amide bonds. The van der Waals surface area contributed by atoms with Crippen molar-refractivity contribution in [3.8, 4) is 11.4 Å². The molecule has 1 aromatic carbocycles. The topological polar surface area (TPSA) is 108 Å². The molecule has 0 radical (unpaired) electrons. The van der Waals surface area contributed by atoms with Crippen LogP contribution in [-0.2, 0) is 11.3 Å². The predicted octanol–water partition coefficient (Wildman–Crippen LogP) is 3.34. The minimum atomic E-state index is -0.487. The standard InChI is InChI=1S/C21H26N6O4/c1-21(2,3)31-20(28)26-10-8-15(9-11-26)19-23-16(13-30-19)12-29-18-6-4-17(5-7-18)27-14-22-24-25-27/h4-7,13-15H,8-12H2,1-3H3. The molecule has 1 saturated heterocycles. The van der Waals surface area contributed by atoms with Gasteiger partial charge in [0, 0.05) is 19.0 Å². The van der Waals surface area contributed by atoms with Crippen LogP contribution >= 0.6 is 0 Å². The second kappa shape index (κ2) is 8.75. The van der Waals surface area contributed by atoms with E-state index in [-0.39, 0.29) is 12.0 Å². The van der Waals surface area contributed by atoms with E-state index in [0.29, 0.717) is 31.3 Å². The number of hydrogen-bond donors (Lipinski definition) is 0. The molecule has 31 heavy (non-hydrogen) atoms. The van der Waals surface area contributed by atoms with E-state index in [0.717, 1.165) is 24.2 Å². The number of ether oxygens (including phenoxy) is 2. The highest BCUT2D eigenvalue weighted by Crippen LogP contribution is 2.28. The van der Waals surface area contributed by atoms with Crippen LogP contribution in [0.5, 0.6) is 5.75 Å². The van der Waals surface area contributed by atoms with Gasteiger partial charge in [-0.25, -0.2) is 14.5 Å². The molecule has 0 saturated carbocycles. The Labute approximate surface area is 180 Å². The number of carbonyl (C=O) groups excluding carboxylic acids is 1. The summed E-state index contributed by atoms with van der Waals surface area (Å²) in [6.07, 6.45) is 4.48. The quantitative estimate of drug-likeness (QED) is 0.611. The van der Waals surface area contributed by atoms with Crippen molar-refractivity contribution in [2.75, 3.05) is 13.1 Å². The molecule has 0 bridgehead atoms. The lowest BCUT2D eigenvalue weighted by Gasteiger charge is -2.32. The van der Waals surface area contributed by atoms with Crippen LogP contribution in [0.25, 0.3) is 5.69 Å². The second-order valence-corrected chi connectivity index (χ2v) is 8.46. The third-order valence-corrected chi connectivity index (χ3v) is 4.90. The molecule has 10 nitrogen and oxygen atoms in total. The maximum absolute atomic E-state index is 12.2. The zero-order valence-electron chi connectivity index (χ0n) is 17.9. The van der Waals surface area contributed by atoms with Crippen molar-refractivity contribution >= 4 is 6.09 Å². The maximum atomic E-state index is 12.2. The van der Waals surface area contributed by atoms with Crippen molar-refractivity contribution in [2.45, 2.75) is 51.7 Å². The molecule has 0 aliphatic carbocycles. The summed E-state index contributed by atoms with van der Waals surface area (Å²) in [4.78, 5) is 18.5. The summed E-state index contributed by atoms with van der Waals surface area (Å²) in [6.45, 7) is 7.18. The Balaban J connectivity index is 1.27. The lowest BCUT2D eigenvalue weighted by Crippen LogP contribution is -2.41. The van der Waals surface area contributed by atoms with E-state index in [9.17, 15) is 4.79 Å². The van der Waals surface area contributed by atoms with Gasteiger partial charge < -0.3 is 18.8 Å². The van der Waals surface area contributed by atoms with Crippen molar-refractivity contribution in [3.63, 3.8) is 0 Å². The molecule has 3 aromatic rings. The number of oxazole rings is 1. The lowest BCUT2D eigenvalue weighted by atomic mass is 9.97. The minimum Gasteiger partial charge on any atom is -0.487 e. The number of piperidine rings is 1. The van der Waals surface area contributed by atoms with Crippen LogP contribution in [-0.4, -0.2) is 54.9 Å². The van der Waals surface area contributed by atoms with E-state index in [1.54, 1.807) is 15.8 Å². The second-order valence-electron chi connectivity index (χ2n) is 8.46. The summed E-state index contributed by atoms with van der Waals surface area (Å²) in [5.41, 5.74) is 1.09. The highest BCUT2D eigenvalue weighted by atomic mass is 16.6. The minimum absolute atomic E-state index is 0.183. The fourth-order valence-corrected chi connectivity index (χ4v) is 3.34. The molecular weight excluding hydrogens is 400 g/mol. The number of amides is 1. The van der Waals surface area contributed by atoms with E-state index in [1.165, 1.54) is 6.33 Å². The molecule has 1 aliphatic heterocycles. The first kappa shape index (κ1) is 20.8. The highest BCUT2D eigenvalue weighted by Gasteiger charge is 2.29. The van der Waals surface area contributed by atoms with Crippen molar-refractivity contribution in [3.05, 3.63) is 48.4 Å². The molecule has 0 N–H and O–H groups in total. The van der Waals surface area contributed by atoms with Crippen LogP contribution in [0.3, 0.4) is 0 Å². The summed E-state index contributed by atoms with van der Waals surface area (Å²) in [6, 6.07) is 7.45. The summed E-state index contributed by atoms with van der Waals surface area (Å²) in [5, 5.41) is 11.1. The molecule has 2 aromatic heterocycles. The first-order valence-electron chi connectivity index (χ1n) is 10.3. The molecular formula is C21H26N6O4. The molecule has 0 unspecified atom stereocenters. The van der Waals surface area contributed by atoms with Crippen molar-refractivity contribution in [1.82, 2.24) is 30.1 Å². The predicted molar refractivity (Wildman–Crippen MR) is 110 cm³/mol. The van der Waals surface area contributed by atoms with Gasteiger partial charge in [-0.15, -0.1) is 5.10 Å². The van der Waals surface area contributed by atoms with Gasteiger partial charge in [0.2, 0.25) is 0 Å². The molecule has 4 rings (SSSR count). The van der Waals surface area contributed by atoms with Crippen LogP contribution in [0, 0.1) is 0 Å². The molecule has 3 heterocycles. The number of likely N-dealkylation sites (tertiary alicyclic amines) is 1. The van der Waals surface area contributed by atoms with Crippen molar-refractivity contribution in [2.24, 2.45) is 0 Å². The number of tetrazole rings is 1. The van der Waals surface area contributed by atoms with Crippen molar-refractivity contribution in [1.29, 1.82) is 0 Å². The molecule has 1 aliphatic rings. The highest BCUT2D eigenvalue weighted by molar-refractivity contribution is 5.68. The number of benzene rings is 1. The molecule has 10 heteroatoms. The normalized spacial score (nSPS) is 15.1. The van der Waals surface area contributed by atoms with E-state index in [4.69, 9.17) is 13.9 Å². The summed E-state index contributed by atoms with van der Waals surface area (Å²) in [7, 11) is 0. The zero-order chi connectivity index (χ0) is 21.8. The molecule has 164 valence electrons. The van der Waals surface area contributed by atoms with Gasteiger partial charge in [-0.1, -0.05) is 0 Å². The zero-order valence-corrected chi connectivity index (χ0v) is 17.9. The number of hydrogen-bond acceptors (Lipinski definition) is 8. The van der Waals surface area contributed by atoms with Crippen LogP contribution in [0.15, 0.2) is 41.3 Å². The van der Waals surface area contributed by atoms with Crippen molar-refractivity contribution < 1.29 is 18.7 Å². The van der Waals surface area contributed by atoms with Gasteiger partial charge >= 0.3 is 6.09 Å². The van der Waals surface area contributed by atoms with E-state index < -0.39 is 5.60 Å². The number of aromatic nitrogens is 5. The fraction of sp³-hybridized carbons (Fsp3) is 0.476. The Hall–Kier alpha value is -3.43. The third-order valence-electron chi connectivity index (χ3n) is 4.90. The van der Waals surface area contributed by atoms with Gasteiger partial charge in [-0.3, -0.25) is 0 Å². The largest absolute Gasteiger partial charge is 0.487 e. The Bertz CT molecular complexity index is 986. The van der Waals surface area contributed by atoms with Gasteiger partial charge in [0.25, 0.3) is 0 Å². The maximum Gasteiger partial charge on any atom is 0.410 e. The summed E-state index contributed by atoms with van der Waals surface area (Å²) >= 11 is 0. The van der Waals surface area contributed by atoms with Gasteiger partial charge in [-0.2, -0.15) is 0 Å². The molecule has 0 atom stereocenters. The Morgan fingerprint density at radius 3 is 2.58 bits per heavy atom. The first-order chi connectivity index (χ1) is 14.9. The van der Waals surface area contributed by atoms with Gasteiger partial charge in [-0.05, 0) is 68.3 Å². The van der Waals surface area contributed by atoms with Crippen LogP contribution in [0.1, 0.15) is 51.1 Å². The SMILES string of the molecule is CC(C)(C)OC(=O)N1CCC(c2nc(COc3ccc(-n4cnnn4)cc3)co2)CC1. The van der Waals surface area contributed by atoms with E-state index in [2.05, 4.69) is 20.5 Å². The summed E-state index contributed by atoms with van der Waals surface area (Å²) in [5.74, 6) is 1.59. The van der Waals surface area contributed by atoms with Crippen LogP contribution in [0.2, 0.25) is 0 Å². The molecule has 0 spiro atoms. The molecule has 1 fully saturated rings. The third kappa shape index (κ3) is 5.39. The Morgan fingerprint density at radius 1 is 1.19 bits per heavy atom. The first-order valence-corrected chi connectivity index (χ1v) is 10.3. The van der Waals surface area contributed by atoms with Crippen LogP contribution in [0.4, 0.5) is 4.79 Å².